The molecule has 3 heteroatoms. The summed E-state index contributed by atoms with van der Waals surface area (Å²) in [6.07, 6.45) is 1.89. The zero-order valence-electron chi connectivity index (χ0n) is 7.90. The Kier molecular flexibility index (Phi) is 3.66. The van der Waals surface area contributed by atoms with Crippen LogP contribution < -0.4 is 5.19 Å². The van der Waals surface area contributed by atoms with Gasteiger partial charge in [0.25, 0.3) is 0 Å². The molecule has 1 aromatic carbocycles. The van der Waals surface area contributed by atoms with Crippen molar-refractivity contribution >= 4 is 13.7 Å². The van der Waals surface area contributed by atoms with Crippen LogP contribution in [0.15, 0.2) is 30.3 Å². The molecule has 0 aliphatic carbocycles. The maximum atomic E-state index is 9.81. The van der Waals surface area contributed by atoms with Crippen molar-refractivity contribution in [2.45, 2.75) is 25.8 Å². The van der Waals surface area contributed by atoms with Gasteiger partial charge in [0.2, 0.25) is 0 Å². The fourth-order valence-electron chi connectivity index (χ4n) is 1.27. The minimum Gasteiger partial charge on any atom is -0.407 e. The molecule has 0 heterocycles. The average molecular weight is 196 g/mol. The highest BCUT2D eigenvalue weighted by molar-refractivity contribution is 6.78. The van der Waals surface area contributed by atoms with Crippen LogP contribution in [0.3, 0.4) is 0 Å². The first-order valence-corrected chi connectivity index (χ1v) is 6.77. The molecular weight excluding hydrogens is 180 g/mol. The van der Waals surface area contributed by atoms with Gasteiger partial charge in [-0.05, 0) is 11.2 Å². The summed E-state index contributed by atoms with van der Waals surface area (Å²) in [5, 5.41) is 0.712. The average Bonchev–Trinajstić information content (AvgIpc) is 2.16. The van der Waals surface area contributed by atoms with Crippen LogP contribution in [0.4, 0.5) is 0 Å². The van der Waals surface area contributed by atoms with Gasteiger partial charge < -0.3 is 9.59 Å². The molecular formula is C10H16O2Si. The Hall–Kier alpha value is -0.643. The first-order valence-electron chi connectivity index (χ1n) is 4.67. The first-order chi connectivity index (χ1) is 6.17. The number of unbranched alkanes of at least 4 members (excludes halogenated alkanes) is 1. The van der Waals surface area contributed by atoms with Gasteiger partial charge in [-0.2, -0.15) is 0 Å². The summed E-state index contributed by atoms with van der Waals surface area (Å²) in [5.74, 6) is 0. The Labute approximate surface area is 80.1 Å². The summed E-state index contributed by atoms with van der Waals surface area (Å²) < 4.78 is 0. The Morgan fingerprint density at radius 1 is 1.15 bits per heavy atom. The predicted molar refractivity (Wildman–Crippen MR) is 56.0 cm³/mol. The second kappa shape index (κ2) is 4.55. The molecule has 0 spiro atoms. The lowest BCUT2D eigenvalue weighted by molar-refractivity contribution is 0.377. The third-order valence-corrected chi connectivity index (χ3v) is 4.42. The second-order valence-corrected chi connectivity index (χ2v) is 6.00. The molecule has 2 N–H and O–H groups in total. The SMILES string of the molecule is CCCC[Si](O)(O)c1ccccc1. The van der Waals surface area contributed by atoms with E-state index in [4.69, 9.17) is 0 Å². The summed E-state index contributed by atoms with van der Waals surface area (Å²) in [6, 6.07) is 9.69. The van der Waals surface area contributed by atoms with Crippen LogP contribution in [0, 0.1) is 0 Å². The van der Waals surface area contributed by atoms with Crippen molar-refractivity contribution in [3.05, 3.63) is 30.3 Å². The van der Waals surface area contributed by atoms with Crippen molar-refractivity contribution in [3.63, 3.8) is 0 Å². The van der Waals surface area contributed by atoms with Gasteiger partial charge in [0.15, 0.2) is 0 Å². The molecule has 0 unspecified atom stereocenters. The standard InChI is InChI=1S/C10H16O2Si/c1-2-3-9-13(11,12)10-7-5-4-6-8-10/h4-8,11-12H,2-3,9H2,1H3. The van der Waals surface area contributed by atoms with Crippen LogP contribution in [0.25, 0.3) is 0 Å². The summed E-state index contributed by atoms with van der Waals surface area (Å²) in [7, 11) is -3.10. The molecule has 1 aromatic rings. The van der Waals surface area contributed by atoms with Crippen molar-refractivity contribution in [2.24, 2.45) is 0 Å². The molecule has 2 nitrogen and oxygen atoms in total. The molecule has 0 fully saturated rings. The van der Waals surface area contributed by atoms with Gasteiger partial charge in [0.1, 0.15) is 0 Å². The van der Waals surface area contributed by atoms with Crippen LogP contribution in [0.1, 0.15) is 19.8 Å². The van der Waals surface area contributed by atoms with Crippen molar-refractivity contribution < 1.29 is 9.59 Å². The molecule has 0 atom stereocenters. The predicted octanol–water partition coefficient (Wildman–Crippen LogP) is 1.12. The van der Waals surface area contributed by atoms with E-state index in [1.54, 1.807) is 12.1 Å². The van der Waals surface area contributed by atoms with Crippen LogP contribution in [-0.2, 0) is 0 Å². The van der Waals surface area contributed by atoms with E-state index >= 15 is 0 Å². The van der Waals surface area contributed by atoms with E-state index in [1.165, 1.54) is 0 Å². The van der Waals surface area contributed by atoms with Crippen molar-refractivity contribution in [3.8, 4) is 0 Å². The van der Waals surface area contributed by atoms with Gasteiger partial charge in [-0.15, -0.1) is 0 Å². The Bertz CT molecular complexity index is 246. The van der Waals surface area contributed by atoms with Crippen LogP contribution in [0.5, 0.6) is 0 Å². The summed E-state index contributed by atoms with van der Waals surface area (Å²) in [4.78, 5) is 19.6. The molecule has 0 bridgehead atoms. The second-order valence-electron chi connectivity index (χ2n) is 3.29. The molecule has 0 aliphatic heterocycles. The Balaban J connectivity index is 2.69. The summed E-state index contributed by atoms with van der Waals surface area (Å²) in [5.41, 5.74) is 0. The van der Waals surface area contributed by atoms with E-state index in [0.717, 1.165) is 12.8 Å². The lowest BCUT2D eigenvalue weighted by Crippen LogP contribution is -2.48. The molecule has 0 saturated carbocycles. The third-order valence-electron chi connectivity index (χ3n) is 2.12. The molecule has 0 saturated heterocycles. The molecule has 0 amide bonds. The number of benzene rings is 1. The maximum Gasteiger partial charge on any atom is 0.367 e. The van der Waals surface area contributed by atoms with E-state index in [2.05, 4.69) is 6.92 Å². The van der Waals surface area contributed by atoms with Crippen LogP contribution in [0.2, 0.25) is 6.04 Å². The van der Waals surface area contributed by atoms with Gasteiger partial charge in [-0.3, -0.25) is 0 Å². The fourth-order valence-corrected chi connectivity index (χ4v) is 3.13. The van der Waals surface area contributed by atoms with Crippen molar-refractivity contribution in [2.75, 3.05) is 0 Å². The zero-order valence-corrected chi connectivity index (χ0v) is 8.90. The van der Waals surface area contributed by atoms with Crippen molar-refractivity contribution in [1.29, 1.82) is 0 Å². The van der Waals surface area contributed by atoms with E-state index in [9.17, 15) is 9.59 Å². The topological polar surface area (TPSA) is 40.5 Å². The normalized spacial score (nSPS) is 11.6. The summed E-state index contributed by atoms with van der Waals surface area (Å²) in [6.45, 7) is 2.05. The molecule has 13 heavy (non-hydrogen) atoms. The number of rotatable bonds is 4. The first kappa shape index (κ1) is 10.4. The monoisotopic (exact) mass is 196 g/mol. The minimum atomic E-state index is -3.10. The molecule has 1 rings (SSSR count). The quantitative estimate of drug-likeness (QED) is 0.709. The van der Waals surface area contributed by atoms with Gasteiger partial charge in [0, 0.05) is 0 Å². The van der Waals surface area contributed by atoms with Gasteiger partial charge in [-0.25, -0.2) is 0 Å². The molecule has 0 aromatic heterocycles. The zero-order chi connectivity index (χ0) is 9.73. The highest BCUT2D eigenvalue weighted by Gasteiger charge is 2.30. The number of hydrogen-bond acceptors (Lipinski definition) is 2. The minimum absolute atomic E-state index is 0.535. The lowest BCUT2D eigenvalue weighted by Gasteiger charge is -2.17. The maximum absolute atomic E-state index is 9.81. The molecule has 72 valence electrons. The van der Waals surface area contributed by atoms with Crippen LogP contribution >= 0.6 is 0 Å². The highest BCUT2D eigenvalue weighted by Crippen LogP contribution is 2.07. The van der Waals surface area contributed by atoms with Gasteiger partial charge in [-0.1, -0.05) is 50.1 Å². The summed E-state index contributed by atoms with van der Waals surface area (Å²) >= 11 is 0. The highest BCUT2D eigenvalue weighted by atomic mass is 28.4. The van der Waals surface area contributed by atoms with E-state index in [-0.39, 0.29) is 0 Å². The lowest BCUT2D eigenvalue weighted by atomic mass is 10.4. The van der Waals surface area contributed by atoms with Crippen LogP contribution in [-0.4, -0.2) is 18.2 Å². The smallest absolute Gasteiger partial charge is 0.367 e. The van der Waals surface area contributed by atoms with E-state index in [0.29, 0.717) is 11.2 Å². The molecule has 0 radical (unpaired) electrons. The molecule has 0 aliphatic rings. The Morgan fingerprint density at radius 2 is 1.77 bits per heavy atom. The van der Waals surface area contributed by atoms with Crippen molar-refractivity contribution in [1.82, 2.24) is 0 Å². The fraction of sp³-hybridized carbons (Fsp3) is 0.400. The van der Waals surface area contributed by atoms with E-state index < -0.39 is 8.56 Å². The largest absolute Gasteiger partial charge is 0.407 e. The Morgan fingerprint density at radius 3 is 2.31 bits per heavy atom. The van der Waals surface area contributed by atoms with E-state index in [1.807, 2.05) is 18.2 Å². The van der Waals surface area contributed by atoms with Gasteiger partial charge >= 0.3 is 8.56 Å². The van der Waals surface area contributed by atoms with Gasteiger partial charge in [0.05, 0.1) is 0 Å². The third kappa shape index (κ3) is 2.95. The number of hydrogen-bond donors (Lipinski definition) is 2.